The summed E-state index contributed by atoms with van der Waals surface area (Å²) in [6.45, 7) is 1.88. The van der Waals surface area contributed by atoms with Crippen LogP contribution in [0.4, 0.5) is 0 Å². The van der Waals surface area contributed by atoms with Crippen molar-refractivity contribution < 1.29 is 9.21 Å². The van der Waals surface area contributed by atoms with Gasteiger partial charge >= 0.3 is 0 Å². The van der Waals surface area contributed by atoms with Crippen LogP contribution in [0.15, 0.2) is 21.9 Å². The van der Waals surface area contributed by atoms with Crippen LogP contribution in [0.5, 0.6) is 0 Å². The van der Waals surface area contributed by atoms with E-state index >= 15 is 0 Å². The molecule has 1 saturated carbocycles. The summed E-state index contributed by atoms with van der Waals surface area (Å²) in [6, 6.07) is 4.24. The Balaban J connectivity index is 1.68. The predicted octanol–water partition coefficient (Wildman–Crippen LogP) is 3.16. The first-order valence-corrected chi connectivity index (χ1v) is 9.71. The molecule has 2 aromatic rings. The second-order valence-corrected chi connectivity index (χ2v) is 7.64. The number of thioether (sulfide) groups is 1. The van der Waals surface area contributed by atoms with E-state index in [1.54, 1.807) is 18.2 Å². The molecule has 0 radical (unpaired) electrons. The van der Waals surface area contributed by atoms with Crippen LogP contribution in [0, 0.1) is 18.3 Å². The van der Waals surface area contributed by atoms with Crippen molar-refractivity contribution in [1.29, 1.82) is 5.26 Å². The van der Waals surface area contributed by atoms with Crippen LogP contribution in [0.1, 0.15) is 37.9 Å². The van der Waals surface area contributed by atoms with Gasteiger partial charge in [0.05, 0.1) is 23.6 Å². The molecule has 2 heterocycles. The maximum Gasteiger partial charge on any atom is 0.234 e. The summed E-state index contributed by atoms with van der Waals surface area (Å²) >= 11 is 1.34. The first kappa shape index (κ1) is 18.5. The zero-order valence-electron chi connectivity index (χ0n) is 15.4. The molecule has 0 N–H and O–H groups in total. The van der Waals surface area contributed by atoms with E-state index in [0.717, 1.165) is 43.4 Å². The predicted molar refractivity (Wildman–Crippen MR) is 98.4 cm³/mol. The molecule has 1 aliphatic carbocycles. The number of carbonyl (C=O) groups excluding carboxylic acids is 1. The lowest BCUT2D eigenvalue weighted by Gasteiger charge is -2.39. The highest BCUT2D eigenvalue weighted by Crippen LogP contribution is 2.33. The summed E-state index contributed by atoms with van der Waals surface area (Å²) in [5.74, 6) is 1.67. The largest absolute Gasteiger partial charge is 0.469 e. The lowest BCUT2D eigenvalue weighted by Crippen LogP contribution is -2.50. The molecule has 1 aliphatic rings. The first-order chi connectivity index (χ1) is 12.5. The summed E-state index contributed by atoms with van der Waals surface area (Å²) in [5.41, 5.74) is 0.232. The van der Waals surface area contributed by atoms with Gasteiger partial charge in [-0.2, -0.15) is 5.26 Å². The molecule has 1 fully saturated rings. The molecule has 1 amide bonds. The van der Waals surface area contributed by atoms with Crippen LogP contribution in [0.2, 0.25) is 0 Å². The summed E-state index contributed by atoms with van der Waals surface area (Å²) in [7, 11) is 3.62. The number of hydrogen-bond donors (Lipinski definition) is 0. The van der Waals surface area contributed by atoms with Gasteiger partial charge in [-0.15, -0.1) is 10.2 Å². The standard InChI is InChI=1S/C18H23N5O2S/c1-13-14(7-10-25-13)16-20-21-17(22(16)2)26-11-15(24)23(3)18(12-19)8-5-4-6-9-18/h7,10H,4-6,8-9,11H2,1-3H3. The van der Waals surface area contributed by atoms with Crippen LogP contribution >= 0.6 is 11.8 Å². The second kappa shape index (κ2) is 7.54. The molecule has 2 aromatic heterocycles. The molecular weight excluding hydrogens is 350 g/mol. The average Bonchev–Trinajstić information content (AvgIpc) is 3.24. The summed E-state index contributed by atoms with van der Waals surface area (Å²) < 4.78 is 7.18. The van der Waals surface area contributed by atoms with Gasteiger partial charge in [0.1, 0.15) is 11.3 Å². The second-order valence-electron chi connectivity index (χ2n) is 6.70. The van der Waals surface area contributed by atoms with Gasteiger partial charge in [-0.25, -0.2) is 0 Å². The van der Waals surface area contributed by atoms with Crippen LogP contribution < -0.4 is 0 Å². The maximum atomic E-state index is 12.7. The number of furan rings is 1. The van der Waals surface area contributed by atoms with E-state index in [-0.39, 0.29) is 11.7 Å². The van der Waals surface area contributed by atoms with E-state index in [1.165, 1.54) is 11.8 Å². The molecule has 0 aliphatic heterocycles. The number of nitrogens with zero attached hydrogens (tertiary/aromatic N) is 5. The van der Waals surface area contributed by atoms with E-state index in [9.17, 15) is 10.1 Å². The fourth-order valence-electron chi connectivity index (χ4n) is 3.41. The van der Waals surface area contributed by atoms with Crippen LogP contribution in [0.25, 0.3) is 11.4 Å². The van der Waals surface area contributed by atoms with E-state index in [2.05, 4.69) is 16.3 Å². The number of aromatic nitrogens is 3. The molecule has 0 unspecified atom stereocenters. The zero-order valence-corrected chi connectivity index (χ0v) is 16.2. The molecule has 26 heavy (non-hydrogen) atoms. The maximum absolute atomic E-state index is 12.7. The molecule has 0 spiro atoms. The SMILES string of the molecule is Cc1occc1-c1nnc(SCC(=O)N(C)C2(C#N)CCCCC2)n1C. The van der Waals surface area contributed by atoms with E-state index in [4.69, 9.17) is 4.42 Å². The summed E-state index contributed by atoms with van der Waals surface area (Å²) in [5, 5.41) is 18.7. The van der Waals surface area contributed by atoms with Crippen molar-refractivity contribution in [2.45, 2.75) is 49.7 Å². The van der Waals surface area contributed by atoms with Gasteiger partial charge < -0.3 is 13.9 Å². The van der Waals surface area contributed by atoms with E-state index in [1.807, 2.05) is 24.6 Å². The van der Waals surface area contributed by atoms with Crippen molar-refractivity contribution in [3.63, 3.8) is 0 Å². The normalized spacial score (nSPS) is 16.2. The van der Waals surface area contributed by atoms with Crippen LogP contribution in [0.3, 0.4) is 0 Å². The van der Waals surface area contributed by atoms with Gasteiger partial charge in [-0.3, -0.25) is 4.79 Å². The number of amides is 1. The Hall–Kier alpha value is -2.27. The molecule has 0 bridgehead atoms. The Morgan fingerprint density at radius 1 is 1.42 bits per heavy atom. The molecule has 7 nitrogen and oxygen atoms in total. The number of carbonyl (C=O) groups is 1. The minimum atomic E-state index is -0.658. The highest BCUT2D eigenvalue weighted by molar-refractivity contribution is 7.99. The van der Waals surface area contributed by atoms with Crippen molar-refractivity contribution in [1.82, 2.24) is 19.7 Å². The van der Waals surface area contributed by atoms with Crippen molar-refractivity contribution in [3.05, 3.63) is 18.1 Å². The minimum Gasteiger partial charge on any atom is -0.469 e. The minimum absolute atomic E-state index is 0.0532. The monoisotopic (exact) mass is 373 g/mol. The molecule has 0 aromatic carbocycles. The van der Waals surface area contributed by atoms with Gasteiger partial charge in [-0.05, 0) is 25.8 Å². The third-order valence-corrected chi connectivity index (χ3v) is 6.17. The molecule has 0 atom stereocenters. The lowest BCUT2D eigenvalue weighted by atomic mass is 9.81. The Labute approximate surface area is 157 Å². The van der Waals surface area contributed by atoms with Crippen molar-refractivity contribution in [2.75, 3.05) is 12.8 Å². The Bertz CT molecular complexity index is 829. The third kappa shape index (κ3) is 3.36. The molecule has 3 rings (SSSR count). The van der Waals surface area contributed by atoms with Crippen molar-refractivity contribution >= 4 is 17.7 Å². The fourth-order valence-corrected chi connectivity index (χ4v) is 4.24. The van der Waals surface area contributed by atoms with E-state index in [0.29, 0.717) is 11.0 Å². The molecule has 138 valence electrons. The third-order valence-electron chi connectivity index (χ3n) is 5.16. The molecule has 8 heteroatoms. The molecular formula is C18H23N5O2S. The number of nitriles is 1. The number of rotatable bonds is 5. The Morgan fingerprint density at radius 3 is 2.77 bits per heavy atom. The topological polar surface area (TPSA) is 88.0 Å². The average molecular weight is 373 g/mol. The Kier molecular flexibility index (Phi) is 5.37. The van der Waals surface area contributed by atoms with Gasteiger partial charge in [0.25, 0.3) is 0 Å². The summed E-state index contributed by atoms with van der Waals surface area (Å²) in [4.78, 5) is 14.3. The van der Waals surface area contributed by atoms with Crippen molar-refractivity contribution in [3.8, 4) is 17.5 Å². The van der Waals surface area contributed by atoms with Gasteiger partial charge in [0, 0.05) is 14.1 Å². The van der Waals surface area contributed by atoms with Crippen LogP contribution in [-0.4, -0.2) is 43.9 Å². The molecule has 0 saturated heterocycles. The van der Waals surface area contributed by atoms with Gasteiger partial charge in [0.15, 0.2) is 11.0 Å². The lowest BCUT2D eigenvalue weighted by molar-refractivity contribution is -0.131. The Morgan fingerprint density at radius 2 is 2.15 bits per heavy atom. The number of hydrogen-bond acceptors (Lipinski definition) is 6. The zero-order chi connectivity index (χ0) is 18.7. The number of aryl methyl sites for hydroxylation is 1. The van der Waals surface area contributed by atoms with Crippen LogP contribution in [-0.2, 0) is 11.8 Å². The fraction of sp³-hybridized carbons (Fsp3) is 0.556. The quantitative estimate of drug-likeness (QED) is 0.748. The van der Waals surface area contributed by atoms with Crippen molar-refractivity contribution in [2.24, 2.45) is 7.05 Å². The highest BCUT2D eigenvalue weighted by atomic mass is 32.2. The smallest absolute Gasteiger partial charge is 0.234 e. The first-order valence-electron chi connectivity index (χ1n) is 8.73. The summed E-state index contributed by atoms with van der Waals surface area (Å²) in [6.07, 6.45) is 6.25. The highest BCUT2D eigenvalue weighted by Gasteiger charge is 2.38. The van der Waals surface area contributed by atoms with Gasteiger partial charge in [-0.1, -0.05) is 31.0 Å². The van der Waals surface area contributed by atoms with E-state index < -0.39 is 5.54 Å². The van der Waals surface area contributed by atoms with Gasteiger partial charge in [0.2, 0.25) is 5.91 Å².